The molecular formula is C7H5FNNaO4S. The molecule has 1 unspecified atom stereocenters. The van der Waals surface area contributed by atoms with E-state index in [9.17, 15) is 23.3 Å². The maximum Gasteiger partial charge on any atom is 1.00 e. The first-order valence-corrected chi connectivity index (χ1v) is 4.54. The number of rotatable bonds is 2. The Balaban J connectivity index is 0.00000196. The number of nitrogens with zero attached hydrogens (tertiary/aromatic N) is 1. The van der Waals surface area contributed by atoms with E-state index in [1.165, 1.54) is 6.92 Å². The third-order valence-electron chi connectivity index (χ3n) is 1.62. The number of aryl methyl sites for hydroxylation is 1. The first kappa shape index (κ1) is 14.7. The molecule has 0 aliphatic carbocycles. The number of nitro benzene ring substituents is 1. The van der Waals surface area contributed by atoms with E-state index in [0.717, 1.165) is 6.07 Å². The third kappa shape index (κ3) is 3.32. The Morgan fingerprint density at radius 2 is 2.00 bits per heavy atom. The number of hydrogen-bond donors (Lipinski definition) is 0. The van der Waals surface area contributed by atoms with Gasteiger partial charge in [-0.1, -0.05) is 0 Å². The summed E-state index contributed by atoms with van der Waals surface area (Å²) in [5.41, 5.74) is -0.698. The molecule has 0 aromatic heterocycles. The Morgan fingerprint density at radius 1 is 1.47 bits per heavy atom. The monoisotopic (exact) mass is 241 g/mol. The molecule has 0 spiro atoms. The number of benzene rings is 1. The molecule has 1 aromatic carbocycles. The Kier molecular flexibility index (Phi) is 5.54. The normalized spacial score (nSPS) is 11.7. The summed E-state index contributed by atoms with van der Waals surface area (Å²) in [5, 5.41) is 10.3. The first-order valence-electron chi connectivity index (χ1n) is 3.47. The summed E-state index contributed by atoms with van der Waals surface area (Å²) in [7, 11) is 0. The van der Waals surface area contributed by atoms with Crippen molar-refractivity contribution in [2.45, 2.75) is 11.8 Å². The minimum Gasteiger partial charge on any atom is -0.768 e. The third-order valence-corrected chi connectivity index (χ3v) is 2.42. The molecule has 0 aliphatic heterocycles. The summed E-state index contributed by atoms with van der Waals surface area (Å²) in [5.74, 6) is -1.04. The molecular weight excluding hydrogens is 236 g/mol. The van der Waals surface area contributed by atoms with Crippen molar-refractivity contribution in [3.63, 3.8) is 0 Å². The molecule has 0 bridgehead atoms. The smallest absolute Gasteiger partial charge is 0.768 e. The van der Waals surface area contributed by atoms with Gasteiger partial charge in [0.15, 0.2) is 0 Å². The standard InChI is InChI=1S/C7H6FNO4S.Na/c1-4-2-5(8)6(9(10)11)3-7(4)14(12)13;/h2-3H,1H3,(H,12,13);/q;+1/p-1. The van der Waals surface area contributed by atoms with Crippen LogP contribution in [0.5, 0.6) is 0 Å². The predicted molar refractivity (Wildman–Crippen MR) is 45.0 cm³/mol. The van der Waals surface area contributed by atoms with Crippen molar-refractivity contribution in [1.29, 1.82) is 0 Å². The molecule has 1 atom stereocenters. The average Bonchev–Trinajstić information content (AvgIpc) is 2.02. The van der Waals surface area contributed by atoms with Crippen LogP contribution in [0.25, 0.3) is 0 Å². The second kappa shape index (κ2) is 5.66. The van der Waals surface area contributed by atoms with Gasteiger partial charge in [0.25, 0.3) is 0 Å². The molecule has 0 radical (unpaired) electrons. The zero-order valence-corrected chi connectivity index (χ0v) is 10.8. The van der Waals surface area contributed by atoms with Gasteiger partial charge in [-0.25, -0.2) is 0 Å². The Morgan fingerprint density at radius 3 is 2.40 bits per heavy atom. The summed E-state index contributed by atoms with van der Waals surface area (Å²) < 4.78 is 34.0. The summed E-state index contributed by atoms with van der Waals surface area (Å²) in [6.45, 7) is 1.36. The quantitative estimate of drug-likeness (QED) is 0.267. The predicted octanol–water partition coefficient (Wildman–Crippen LogP) is -1.72. The number of nitro groups is 1. The maximum absolute atomic E-state index is 12.9. The molecule has 76 valence electrons. The van der Waals surface area contributed by atoms with Crippen LogP contribution in [0.4, 0.5) is 10.1 Å². The van der Waals surface area contributed by atoms with Crippen LogP contribution in [-0.4, -0.2) is 13.7 Å². The van der Waals surface area contributed by atoms with Crippen LogP contribution in [0.1, 0.15) is 5.56 Å². The van der Waals surface area contributed by atoms with Crippen molar-refractivity contribution in [3.8, 4) is 0 Å². The summed E-state index contributed by atoms with van der Waals surface area (Å²) in [4.78, 5) is 9.04. The van der Waals surface area contributed by atoms with Crippen LogP contribution in [0.2, 0.25) is 0 Å². The Hall–Kier alpha value is -0.340. The van der Waals surface area contributed by atoms with Crippen molar-refractivity contribution >= 4 is 16.8 Å². The Bertz CT molecular complexity index is 390. The molecule has 8 heteroatoms. The SMILES string of the molecule is Cc1cc(F)c([N+](=O)[O-])cc1S(=O)[O-].[Na+]. The van der Waals surface area contributed by atoms with Gasteiger partial charge in [-0.2, -0.15) is 4.39 Å². The van der Waals surface area contributed by atoms with E-state index in [1.54, 1.807) is 0 Å². The van der Waals surface area contributed by atoms with E-state index in [1.807, 2.05) is 0 Å². The van der Waals surface area contributed by atoms with Crippen LogP contribution in [-0.2, 0) is 11.1 Å². The fourth-order valence-corrected chi connectivity index (χ4v) is 1.49. The molecule has 15 heavy (non-hydrogen) atoms. The minimum absolute atomic E-state index is 0. The van der Waals surface area contributed by atoms with Gasteiger partial charge in [-0.15, -0.1) is 0 Å². The fraction of sp³-hybridized carbons (Fsp3) is 0.143. The minimum atomic E-state index is -2.60. The van der Waals surface area contributed by atoms with E-state index in [-0.39, 0.29) is 40.0 Å². The number of halogens is 1. The van der Waals surface area contributed by atoms with E-state index in [4.69, 9.17) is 0 Å². The van der Waals surface area contributed by atoms with Gasteiger partial charge in [0.2, 0.25) is 5.82 Å². The largest absolute Gasteiger partial charge is 1.00 e. The van der Waals surface area contributed by atoms with Crippen LogP contribution in [0.15, 0.2) is 17.0 Å². The second-order valence-electron chi connectivity index (χ2n) is 2.56. The van der Waals surface area contributed by atoms with Crippen molar-refractivity contribution in [2.24, 2.45) is 0 Å². The molecule has 0 aliphatic rings. The molecule has 5 nitrogen and oxygen atoms in total. The van der Waals surface area contributed by atoms with Gasteiger partial charge >= 0.3 is 35.2 Å². The molecule has 0 saturated heterocycles. The number of hydrogen-bond acceptors (Lipinski definition) is 4. The molecule has 0 saturated carbocycles. The van der Waals surface area contributed by atoms with Gasteiger partial charge in [0.05, 0.1) is 4.92 Å². The summed E-state index contributed by atoms with van der Waals surface area (Å²) in [6.07, 6.45) is 0. The zero-order chi connectivity index (χ0) is 10.9. The van der Waals surface area contributed by atoms with Gasteiger partial charge in [-0.3, -0.25) is 14.3 Å². The fourth-order valence-electron chi connectivity index (χ4n) is 0.962. The first-order chi connectivity index (χ1) is 6.43. The van der Waals surface area contributed by atoms with Crippen molar-refractivity contribution in [2.75, 3.05) is 0 Å². The molecule has 1 rings (SSSR count). The van der Waals surface area contributed by atoms with E-state index in [0.29, 0.717) is 6.07 Å². The van der Waals surface area contributed by atoms with E-state index >= 15 is 0 Å². The topological polar surface area (TPSA) is 83.3 Å². The molecule has 0 heterocycles. The molecule has 0 amide bonds. The van der Waals surface area contributed by atoms with Crippen LogP contribution >= 0.6 is 0 Å². The van der Waals surface area contributed by atoms with Crippen LogP contribution in [0.3, 0.4) is 0 Å². The molecule has 0 fully saturated rings. The second-order valence-corrected chi connectivity index (χ2v) is 3.47. The van der Waals surface area contributed by atoms with Crippen molar-refractivity contribution in [3.05, 3.63) is 33.6 Å². The van der Waals surface area contributed by atoms with Gasteiger partial charge < -0.3 is 4.55 Å². The van der Waals surface area contributed by atoms with Gasteiger partial charge in [-0.05, 0) is 29.6 Å². The summed E-state index contributed by atoms with van der Waals surface area (Å²) >= 11 is -2.60. The van der Waals surface area contributed by atoms with Gasteiger partial charge in [0.1, 0.15) is 0 Å². The van der Waals surface area contributed by atoms with E-state index in [2.05, 4.69) is 0 Å². The molecule has 1 aromatic rings. The van der Waals surface area contributed by atoms with Crippen LogP contribution < -0.4 is 29.6 Å². The Labute approximate surface area is 109 Å². The maximum atomic E-state index is 12.9. The molecule has 0 N–H and O–H groups in total. The zero-order valence-electron chi connectivity index (χ0n) is 8.02. The van der Waals surface area contributed by atoms with E-state index < -0.39 is 27.5 Å². The average molecular weight is 241 g/mol. The summed E-state index contributed by atoms with van der Waals surface area (Å²) in [6, 6.07) is 1.52. The van der Waals surface area contributed by atoms with Crippen molar-refractivity contribution in [1.82, 2.24) is 0 Å². The van der Waals surface area contributed by atoms with Crippen molar-refractivity contribution < 1.29 is 47.6 Å². The van der Waals surface area contributed by atoms with Gasteiger partial charge in [0, 0.05) is 11.0 Å². The van der Waals surface area contributed by atoms with Crippen LogP contribution in [0, 0.1) is 22.9 Å².